The van der Waals surface area contributed by atoms with Gasteiger partial charge in [-0.25, -0.2) is 4.79 Å². The smallest absolute Gasteiger partial charge is 0.277 e. The average Bonchev–Trinajstić information content (AvgIpc) is 2.24. The molecule has 0 aromatic carbocycles. The van der Waals surface area contributed by atoms with Crippen LogP contribution in [0.1, 0.15) is 39.5 Å². The van der Waals surface area contributed by atoms with Crippen molar-refractivity contribution in [2.45, 2.75) is 39.5 Å². The van der Waals surface area contributed by atoms with Gasteiger partial charge in [0.15, 0.2) is 0 Å². The molecule has 1 heterocycles. The third kappa shape index (κ3) is 2.59. The quantitative estimate of drug-likeness (QED) is 0.718. The Kier molecular flexibility index (Phi) is 4.46. The molecule has 90 valence electrons. The Morgan fingerprint density at radius 2 is 1.88 bits per heavy atom. The number of rotatable bonds is 5. The van der Waals surface area contributed by atoms with Crippen molar-refractivity contribution in [1.82, 2.24) is 10.2 Å². The van der Waals surface area contributed by atoms with Crippen molar-refractivity contribution in [3.63, 3.8) is 0 Å². The Labute approximate surface area is 95.2 Å². The van der Waals surface area contributed by atoms with Gasteiger partial charge >= 0.3 is 6.03 Å². The van der Waals surface area contributed by atoms with Crippen LogP contribution in [0.5, 0.6) is 0 Å². The van der Waals surface area contributed by atoms with E-state index in [4.69, 9.17) is 0 Å². The summed E-state index contributed by atoms with van der Waals surface area (Å²) in [5, 5.41) is 2.23. The van der Waals surface area contributed by atoms with Crippen LogP contribution in [0.25, 0.3) is 0 Å². The van der Waals surface area contributed by atoms with Crippen LogP contribution in [0.2, 0.25) is 0 Å². The number of imide groups is 2. The molecule has 1 saturated heterocycles. The maximum Gasteiger partial charge on any atom is 0.330 e. The van der Waals surface area contributed by atoms with Gasteiger partial charge in [0.25, 0.3) is 0 Å². The molecule has 1 aliphatic heterocycles. The molecule has 16 heavy (non-hydrogen) atoms. The zero-order valence-electron chi connectivity index (χ0n) is 9.78. The number of nitrogens with one attached hydrogen (secondary N) is 1. The molecule has 1 aliphatic rings. The molecular formula is C11H18N2O3. The Bertz CT molecular complexity index is 302. The highest BCUT2D eigenvalue weighted by Gasteiger charge is 2.39. The molecule has 0 aromatic heterocycles. The van der Waals surface area contributed by atoms with Gasteiger partial charge in [-0.15, -0.1) is 0 Å². The summed E-state index contributed by atoms with van der Waals surface area (Å²) < 4.78 is 0. The van der Waals surface area contributed by atoms with Crippen molar-refractivity contribution >= 4 is 17.8 Å². The molecule has 1 unspecified atom stereocenters. The van der Waals surface area contributed by atoms with Crippen LogP contribution in [0, 0.1) is 5.92 Å². The van der Waals surface area contributed by atoms with Crippen LogP contribution in [0.15, 0.2) is 0 Å². The van der Waals surface area contributed by atoms with Gasteiger partial charge in [0.05, 0.1) is 0 Å². The lowest BCUT2D eigenvalue weighted by atomic mass is 9.99. The lowest BCUT2D eigenvalue weighted by Crippen LogP contribution is -2.57. The summed E-state index contributed by atoms with van der Waals surface area (Å²) in [5.74, 6) is -1.48. The summed E-state index contributed by atoms with van der Waals surface area (Å²) in [6.07, 6.45) is 2.93. The Morgan fingerprint density at radius 3 is 2.44 bits per heavy atom. The molecule has 1 N–H and O–H groups in total. The number of unbranched alkanes of at least 4 members (excludes halogenated alkanes) is 1. The molecular weight excluding hydrogens is 208 g/mol. The lowest BCUT2D eigenvalue weighted by Gasteiger charge is -2.29. The van der Waals surface area contributed by atoms with Crippen LogP contribution < -0.4 is 5.32 Å². The fourth-order valence-corrected chi connectivity index (χ4v) is 1.73. The van der Waals surface area contributed by atoms with E-state index >= 15 is 0 Å². The van der Waals surface area contributed by atoms with Crippen molar-refractivity contribution < 1.29 is 14.4 Å². The van der Waals surface area contributed by atoms with E-state index < -0.39 is 17.9 Å². The molecule has 1 rings (SSSR count). The Hall–Kier alpha value is -1.39. The van der Waals surface area contributed by atoms with E-state index in [1.165, 1.54) is 0 Å². The zero-order valence-corrected chi connectivity index (χ0v) is 9.78. The molecule has 0 spiro atoms. The third-order valence-corrected chi connectivity index (χ3v) is 2.67. The number of carbonyl (C=O) groups excluding carboxylic acids is 3. The first-order valence-electron chi connectivity index (χ1n) is 5.78. The number of barbiturate groups is 1. The summed E-state index contributed by atoms with van der Waals surface area (Å²) in [6, 6.07) is -0.573. The van der Waals surface area contributed by atoms with Gasteiger partial charge in [-0.05, 0) is 12.8 Å². The van der Waals surface area contributed by atoms with Crippen molar-refractivity contribution in [3.8, 4) is 0 Å². The van der Waals surface area contributed by atoms with Crippen LogP contribution in [-0.4, -0.2) is 29.3 Å². The standard InChI is InChI=1S/C11H18N2O3/c1-3-5-7-13-10(15)8(6-4-2)9(14)12-11(13)16/h8H,3-7H2,1-2H3,(H,12,14,16). The van der Waals surface area contributed by atoms with Gasteiger partial charge in [0, 0.05) is 6.54 Å². The first-order valence-corrected chi connectivity index (χ1v) is 5.78. The van der Waals surface area contributed by atoms with E-state index in [2.05, 4.69) is 5.32 Å². The van der Waals surface area contributed by atoms with Crippen LogP contribution in [0.4, 0.5) is 4.79 Å². The largest absolute Gasteiger partial charge is 0.330 e. The summed E-state index contributed by atoms with van der Waals surface area (Å²) >= 11 is 0. The molecule has 0 saturated carbocycles. The maximum absolute atomic E-state index is 11.9. The van der Waals surface area contributed by atoms with Crippen molar-refractivity contribution in [1.29, 1.82) is 0 Å². The zero-order chi connectivity index (χ0) is 12.1. The van der Waals surface area contributed by atoms with Gasteiger partial charge in [0.1, 0.15) is 5.92 Å². The van der Waals surface area contributed by atoms with E-state index in [1.807, 2.05) is 13.8 Å². The van der Waals surface area contributed by atoms with E-state index in [9.17, 15) is 14.4 Å². The van der Waals surface area contributed by atoms with Gasteiger partial charge in [-0.2, -0.15) is 0 Å². The fraction of sp³-hybridized carbons (Fsp3) is 0.727. The van der Waals surface area contributed by atoms with E-state index in [0.29, 0.717) is 13.0 Å². The summed E-state index contributed by atoms with van der Waals surface area (Å²) in [7, 11) is 0. The summed E-state index contributed by atoms with van der Waals surface area (Å²) in [6.45, 7) is 4.29. The maximum atomic E-state index is 11.9. The highest BCUT2D eigenvalue weighted by molar-refractivity contribution is 6.16. The van der Waals surface area contributed by atoms with Gasteiger partial charge in [-0.1, -0.05) is 26.7 Å². The van der Waals surface area contributed by atoms with Crippen LogP contribution in [-0.2, 0) is 9.59 Å². The molecule has 1 fully saturated rings. The number of amides is 4. The van der Waals surface area contributed by atoms with Gasteiger partial charge in [-0.3, -0.25) is 19.8 Å². The molecule has 5 nitrogen and oxygen atoms in total. The monoisotopic (exact) mass is 226 g/mol. The summed E-state index contributed by atoms with van der Waals surface area (Å²) in [4.78, 5) is 35.9. The second kappa shape index (κ2) is 5.63. The van der Waals surface area contributed by atoms with E-state index in [1.54, 1.807) is 0 Å². The molecule has 4 amide bonds. The molecule has 0 aromatic rings. The fourth-order valence-electron chi connectivity index (χ4n) is 1.73. The number of nitrogens with zero attached hydrogens (tertiary/aromatic N) is 1. The number of carbonyl (C=O) groups is 3. The van der Waals surface area contributed by atoms with Crippen LogP contribution in [0.3, 0.4) is 0 Å². The Balaban J connectivity index is 2.73. The van der Waals surface area contributed by atoms with Crippen molar-refractivity contribution in [2.75, 3.05) is 6.54 Å². The average molecular weight is 226 g/mol. The molecule has 0 aliphatic carbocycles. The normalized spacial score (nSPS) is 21.2. The Morgan fingerprint density at radius 1 is 1.19 bits per heavy atom. The number of urea groups is 1. The van der Waals surface area contributed by atoms with E-state index in [-0.39, 0.29) is 5.91 Å². The molecule has 1 atom stereocenters. The number of hydrogen-bond donors (Lipinski definition) is 1. The minimum Gasteiger partial charge on any atom is -0.277 e. The van der Waals surface area contributed by atoms with Gasteiger partial charge in [0.2, 0.25) is 11.8 Å². The number of hydrogen-bond acceptors (Lipinski definition) is 3. The highest BCUT2D eigenvalue weighted by atomic mass is 16.2. The minimum atomic E-state index is -0.681. The van der Waals surface area contributed by atoms with E-state index in [0.717, 1.165) is 24.2 Å². The third-order valence-electron chi connectivity index (χ3n) is 2.67. The van der Waals surface area contributed by atoms with Gasteiger partial charge < -0.3 is 0 Å². The van der Waals surface area contributed by atoms with Crippen molar-refractivity contribution in [3.05, 3.63) is 0 Å². The summed E-state index contributed by atoms with van der Waals surface area (Å²) in [5.41, 5.74) is 0. The highest BCUT2D eigenvalue weighted by Crippen LogP contribution is 2.16. The SMILES string of the molecule is CCCCN1C(=O)NC(=O)C(CCC)C1=O. The lowest BCUT2D eigenvalue weighted by molar-refractivity contribution is -0.142. The topological polar surface area (TPSA) is 66.5 Å². The van der Waals surface area contributed by atoms with Crippen molar-refractivity contribution in [2.24, 2.45) is 5.92 Å². The molecule has 5 heteroatoms. The second-order valence-corrected chi connectivity index (χ2v) is 3.98. The molecule has 0 radical (unpaired) electrons. The first-order chi connectivity index (χ1) is 7.61. The first kappa shape index (κ1) is 12.7. The molecule has 0 bridgehead atoms. The minimum absolute atomic E-state index is 0.343. The second-order valence-electron chi connectivity index (χ2n) is 3.98. The predicted octanol–water partition coefficient (Wildman–Crippen LogP) is 1.28. The predicted molar refractivity (Wildman–Crippen MR) is 58.6 cm³/mol. The van der Waals surface area contributed by atoms with Crippen LogP contribution >= 0.6 is 0 Å².